The normalized spacial score (nSPS) is 15.2. The maximum absolute atomic E-state index is 14.1. The number of anilines is 2. The second kappa shape index (κ2) is 9.83. The SMILES string of the molecule is COc1ccccc1-c1c(N)n(CC2CCCO2)c(=O)c2cc(NC(=O)c3ccccc3F)ccc12. The predicted octanol–water partition coefficient (Wildman–Crippen LogP) is 4.83. The molecule has 1 aliphatic rings. The van der Waals surface area contributed by atoms with Crippen LogP contribution in [0.2, 0.25) is 0 Å². The van der Waals surface area contributed by atoms with Gasteiger partial charge in [0.25, 0.3) is 11.5 Å². The average Bonchev–Trinajstić information content (AvgIpc) is 3.41. The highest BCUT2D eigenvalue weighted by Crippen LogP contribution is 2.38. The number of methoxy groups -OCH3 is 1. The molecule has 8 heteroatoms. The standard InChI is InChI=1S/C28H26FN3O4/c1-35-24-11-5-3-9-21(24)25-19-13-12-17(31-27(33)20-8-2-4-10-23(20)29)15-22(19)28(34)32(26(25)30)16-18-7-6-14-36-18/h2-5,8-13,15,18H,6-7,14,16,30H2,1H3,(H,31,33). The second-order valence-corrected chi connectivity index (χ2v) is 8.71. The lowest BCUT2D eigenvalue weighted by Crippen LogP contribution is -2.29. The zero-order valence-corrected chi connectivity index (χ0v) is 19.8. The summed E-state index contributed by atoms with van der Waals surface area (Å²) in [5.41, 5.74) is 8.03. The Bertz CT molecular complexity index is 1510. The van der Waals surface area contributed by atoms with E-state index in [4.69, 9.17) is 15.2 Å². The zero-order valence-electron chi connectivity index (χ0n) is 19.8. The molecule has 1 aromatic heterocycles. The Balaban J connectivity index is 1.67. The first-order chi connectivity index (χ1) is 17.5. The Morgan fingerprint density at radius 3 is 2.67 bits per heavy atom. The van der Waals surface area contributed by atoms with Crippen LogP contribution in [-0.2, 0) is 11.3 Å². The van der Waals surface area contributed by atoms with Crippen LogP contribution in [0, 0.1) is 5.82 Å². The van der Waals surface area contributed by atoms with Crippen molar-refractivity contribution < 1.29 is 18.7 Å². The van der Waals surface area contributed by atoms with E-state index in [2.05, 4.69) is 5.32 Å². The van der Waals surface area contributed by atoms with Crippen molar-refractivity contribution in [1.29, 1.82) is 0 Å². The lowest BCUT2D eigenvalue weighted by atomic mass is 9.97. The molecule has 1 fully saturated rings. The average molecular weight is 488 g/mol. The summed E-state index contributed by atoms with van der Waals surface area (Å²) in [6, 6.07) is 18.2. The smallest absolute Gasteiger partial charge is 0.260 e. The molecular formula is C28H26FN3O4. The van der Waals surface area contributed by atoms with Crippen molar-refractivity contribution in [3.63, 3.8) is 0 Å². The highest BCUT2D eigenvalue weighted by molar-refractivity contribution is 6.07. The summed E-state index contributed by atoms with van der Waals surface area (Å²) in [6.07, 6.45) is 1.66. The highest BCUT2D eigenvalue weighted by atomic mass is 19.1. The number of carbonyl (C=O) groups is 1. The molecule has 0 spiro atoms. The quantitative estimate of drug-likeness (QED) is 0.406. The van der Waals surface area contributed by atoms with E-state index in [1.54, 1.807) is 31.4 Å². The molecule has 2 heterocycles. The molecule has 0 bridgehead atoms. The number of nitrogens with one attached hydrogen (secondary N) is 1. The van der Waals surface area contributed by atoms with E-state index in [0.717, 1.165) is 18.4 Å². The van der Waals surface area contributed by atoms with Crippen molar-refractivity contribution in [3.8, 4) is 16.9 Å². The molecule has 36 heavy (non-hydrogen) atoms. The van der Waals surface area contributed by atoms with Gasteiger partial charge >= 0.3 is 0 Å². The van der Waals surface area contributed by atoms with Gasteiger partial charge < -0.3 is 20.5 Å². The number of ether oxygens (including phenoxy) is 2. The van der Waals surface area contributed by atoms with Crippen LogP contribution in [0.15, 0.2) is 71.5 Å². The molecule has 3 aromatic carbocycles. The minimum absolute atomic E-state index is 0.0830. The van der Waals surface area contributed by atoms with Gasteiger partial charge in [-0.2, -0.15) is 0 Å². The van der Waals surface area contributed by atoms with Crippen molar-refractivity contribution in [3.05, 3.63) is 88.5 Å². The molecule has 1 amide bonds. The van der Waals surface area contributed by atoms with E-state index in [1.807, 2.05) is 24.3 Å². The summed E-state index contributed by atoms with van der Waals surface area (Å²) in [5, 5.41) is 3.69. The van der Waals surface area contributed by atoms with Gasteiger partial charge in [-0.3, -0.25) is 14.2 Å². The molecule has 4 aromatic rings. The van der Waals surface area contributed by atoms with Crippen LogP contribution >= 0.6 is 0 Å². The van der Waals surface area contributed by atoms with Crippen LogP contribution in [0.3, 0.4) is 0 Å². The highest BCUT2D eigenvalue weighted by Gasteiger charge is 2.23. The summed E-state index contributed by atoms with van der Waals surface area (Å²) >= 11 is 0. The van der Waals surface area contributed by atoms with Gasteiger partial charge in [-0.15, -0.1) is 0 Å². The van der Waals surface area contributed by atoms with Gasteiger partial charge in [0, 0.05) is 28.8 Å². The molecule has 5 rings (SSSR count). The molecule has 1 aliphatic heterocycles. The van der Waals surface area contributed by atoms with Crippen LogP contribution in [0.4, 0.5) is 15.9 Å². The molecule has 1 saturated heterocycles. The molecule has 0 aliphatic carbocycles. The fourth-order valence-corrected chi connectivity index (χ4v) is 4.70. The number of fused-ring (bicyclic) bond motifs is 1. The van der Waals surface area contributed by atoms with E-state index in [0.29, 0.717) is 46.7 Å². The first kappa shape index (κ1) is 23.6. The summed E-state index contributed by atoms with van der Waals surface area (Å²) in [6.45, 7) is 0.965. The van der Waals surface area contributed by atoms with Crippen LogP contribution in [0.5, 0.6) is 5.75 Å². The Hall–Kier alpha value is -4.17. The van der Waals surface area contributed by atoms with Crippen molar-refractivity contribution in [2.75, 3.05) is 24.8 Å². The van der Waals surface area contributed by atoms with E-state index >= 15 is 0 Å². The van der Waals surface area contributed by atoms with Gasteiger partial charge in [0.05, 0.1) is 25.3 Å². The minimum atomic E-state index is -0.624. The van der Waals surface area contributed by atoms with Gasteiger partial charge in [-0.1, -0.05) is 36.4 Å². The number of amides is 1. The number of halogens is 1. The van der Waals surface area contributed by atoms with Crippen LogP contribution in [-0.4, -0.2) is 30.3 Å². The molecule has 1 atom stereocenters. The van der Waals surface area contributed by atoms with Gasteiger partial charge in [-0.25, -0.2) is 4.39 Å². The van der Waals surface area contributed by atoms with Crippen LogP contribution in [0.25, 0.3) is 21.9 Å². The van der Waals surface area contributed by atoms with Gasteiger partial charge in [0.15, 0.2) is 0 Å². The summed E-state index contributed by atoms with van der Waals surface area (Å²) in [4.78, 5) is 26.4. The second-order valence-electron chi connectivity index (χ2n) is 8.71. The van der Waals surface area contributed by atoms with Crippen molar-refractivity contribution >= 4 is 28.2 Å². The van der Waals surface area contributed by atoms with E-state index in [9.17, 15) is 14.0 Å². The number of hydrogen-bond donors (Lipinski definition) is 2. The first-order valence-electron chi connectivity index (χ1n) is 11.7. The predicted molar refractivity (Wildman–Crippen MR) is 138 cm³/mol. The number of para-hydroxylation sites is 1. The molecule has 1 unspecified atom stereocenters. The lowest BCUT2D eigenvalue weighted by Gasteiger charge is -2.21. The number of nitrogens with zero attached hydrogens (tertiary/aromatic N) is 1. The van der Waals surface area contributed by atoms with Gasteiger partial charge in [0.2, 0.25) is 0 Å². The lowest BCUT2D eigenvalue weighted by molar-refractivity contribution is 0.0968. The van der Waals surface area contributed by atoms with Crippen molar-refractivity contribution in [2.45, 2.75) is 25.5 Å². The van der Waals surface area contributed by atoms with Crippen LogP contribution < -0.4 is 21.3 Å². The largest absolute Gasteiger partial charge is 0.496 e. The first-order valence-corrected chi connectivity index (χ1v) is 11.7. The number of pyridine rings is 1. The van der Waals surface area contributed by atoms with Crippen molar-refractivity contribution in [2.24, 2.45) is 0 Å². The van der Waals surface area contributed by atoms with E-state index in [1.165, 1.54) is 22.8 Å². The fraction of sp³-hybridized carbons (Fsp3) is 0.214. The number of nitrogens with two attached hydrogens (primary N) is 1. The van der Waals surface area contributed by atoms with Crippen LogP contribution in [0.1, 0.15) is 23.2 Å². The topological polar surface area (TPSA) is 95.6 Å². The Labute approximate surface area is 207 Å². The molecule has 0 radical (unpaired) electrons. The third kappa shape index (κ3) is 4.31. The molecular weight excluding hydrogens is 461 g/mol. The molecule has 184 valence electrons. The molecule has 0 saturated carbocycles. The molecule has 3 N–H and O–H groups in total. The summed E-state index contributed by atoms with van der Waals surface area (Å²) < 4.78 is 27.0. The monoisotopic (exact) mass is 487 g/mol. The third-order valence-corrected chi connectivity index (χ3v) is 6.47. The number of nitrogen functional groups attached to an aromatic ring is 1. The maximum atomic E-state index is 14.1. The zero-order chi connectivity index (χ0) is 25.2. The number of benzene rings is 3. The van der Waals surface area contributed by atoms with Gasteiger partial charge in [0.1, 0.15) is 17.4 Å². The number of carbonyl (C=O) groups excluding carboxylic acids is 1. The maximum Gasteiger partial charge on any atom is 0.260 e. The molecule has 7 nitrogen and oxygen atoms in total. The van der Waals surface area contributed by atoms with E-state index < -0.39 is 11.7 Å². The number of hydrogen-bond acceptors (Lipinski definition) is 5. The Morgan fingerprint density at radius 1 is 1.14 bits per heavy atom. The van der Waals surface area contributed by atoms with Crippen molar-refractivity contribution in [1.82, 2.24) is 4.57 Å². The number of aromatic nitrogens is 1. The van der Waals surface area contributed by atoms with E-state index in [-0.39, 0.29) is 17.2 Å². The summed E-state index contributed by atoms with van der Waals surface area (Å²) in [5.74, 6) is -0.297. The minimum Gasteiger partial charge on any atom is -0.496 e. The third-order valence-electron chi connectivity index (χ3n) is 6.47. The summed E-state index contributed by atoms with van der Waals surface area (Å²) in [7, 11) is 1.58. The van der Waals surface area contributed by atoms with Gasteiger partial charge in [-0.05, 0) is 48.6 Å². The Morgan fingerprint density at radius 2 is 1.92 bits per heavy atom. The Kier molecular flexibility index (Phi) is 6.43. The number of rotatable bonds is 6. The fourth-order valence-electron chi connectivity index (χ4n) is 4.70.